The fourth-order valence-electron chi connectivity index (χ4n) is 2.71. The normalized spacial score (nSPS) is 13.5. The van der Waals surface area contributed by atoms with Crippen LogP contribution in [0, 0.1) is 11.8 Å². The lowest BCUT2D eigenvalue weighted by atomic mass is 10.1. The quantitative estimate of drug-likeness (QED) is 0.532. The molecule has 0 spiro atoms. The molecule has 1 atom stereocenters. The van der Waals surface area contributed by atoms with Gasteiger partial charge in [0.05, 0.1) is 5.52 Å². The van der Waals surface area contributed by atoms with Gasteiger partial charge in [0, 0.05) is 19.4 Å². The summed E-state index contributed by atoms with van der Waals surface area (Å²) in [4.78, 5) is 0. The molecule has 0 aliphatic rings. The van der Waals surface area contributed by atoms with Crippen molar-refractivity contribution in [3.05, 3.63) is 24.3 Å². The molecule has 1 aromatic heterocycles. The minimum Gasteiger partial charge on any atom is -0.344 e. The van der Waals surface area contributed by atoms with Gasteiger partial charge in [0.15, 0.2) is 0 Å². The molecule has 4 nitrogen and oxygen atoms in total. The number of hydrogen-bond acceptors (Lipinski definition) is 3. The summed E-state index contributed by atoms with van der Waals surface area (Å²) in [5.41, 5.74) is 1.10. The van der Waals surface area contributed by atoms with E-state index in [0.717, 1.165) is 30.3 Å². The Kier molecular flexibility index (Phi) is 6.61. The van der Waals surface area contributed by atoms with E-state index in [-0.39, 0.29) is 0 Å². The first-order chi connectivity index (χ1) is 11.3. The van der Waals surface area contributed by atoms with E-state index in [1.54, 1.807) is 0 Å². The predicted molar refractivity (Wildman–Crippen MR) is 94.0 cm³/mol. The van der Waals surface area contributed by atoms with Crippen molar-refractivity contribution in [2.24, 2.45) is 0 Å². The zero-order valence-corrected chi connectivity index (χ0v) is 14.5. The molecule has 0 saturated carbocycles. The number of nitrogens with zero attached hydrogens (tertiary/aromatic N) is 3. The van der Waals surface area contributed by atoms with E-state index in [4.69, 9.17) is 4.74 Å². The van der Waals surface area contributed by atoms with Gasteiger partial charge >= 0.3 is 0 Å². The molecule has 0 aliphatic carbocycles. The molecule has 0 fully saturated rings. The van der Waals surface area contributed by atoms with Gasteiger partial charge in [-0.05, 0) is 31.4 Å². The number of unbranched alkanes of at least 4 members (excludes halogenated alkanes) is 4. The third-order valence-electron chi connectivity index (χ3n) is 4.00. The molecule has 0 N–H and O–H groups in total. The van der Waals surface area contributed by atoms with E-state index in [2.05, 4.69) is 36.0 Å². The predicted octanol–water partition coefficient (Wildman–Crippen LogP) is 4.50. The Hall–Kier alpha value is -1.86. The summed E-state index contributed by atoms with van der Waals surface area (Å²) in [6.45, 7) is 6.88. The molecule has 1 heterocycles. The van der Waals surface area contributed by atoms with Crippen molar-refractivity contribution in [2.75, 3.05) is 6.61 Å². The van der Waals surface area contributed by atoms with Crippen molar-refractivity contribution in [1.82, 2.24) is 15.0 Å². The lowest BCUT2D eigenvalue weighted by Crippen LogP contribution is -2.35. The molecule has 1 unspecified atom stereocenters. The number of hydrogen-bond donors (Lipinski definition) is 0. The molecular formula is C19H27N3O. The first kappa shape index (κ1) is 17.5. The van der Waals surface area contributed by atoms with E-state index >= 15 is 0 Å². The van der Waals surface area contributed by atoms with Gasteiger partial charge in [0.2, 0.25) is 5.72 Å². The molecule has 0 saturated heterocycles. The summed E-state index contributed by atoms with van der Waals surface area (Å²) in [6, 6.07) is 7.94. The zero-order chi connectivity index (χ0) is 16.5. The van der Waals surface area contributed by atoms with Gasteiger partial charge in [-0.3, -0.25) is 0 Å². The summed E-state index contributed by atoms with van der Waals surface area (Å²) in [5, 5.41) is 8.57. The van der Waals surface area contributed by atoms with E-state index in [0.29, 0.717) is 6.61 Å². The average molecular weight is 313 g/mol. The Morgan fingerprint density at radius 1 is 1.13 bits per heavy atom. The van der Waals surface area contributed by atoms with Crippen LogP contribution in [0.1, 0.15) is 59.3 Å². The Morgan fingerprint density at radius 3 is 2.70 bits per heavy atom. The van der Waals surface area contributed by atoms with Crippen molar-refractivity contribution < 1.29 is 4.74 Å². The molecule has 23 heavy (non-hydrogen) atoms. The summed E-state index contributed by atoms with van der Waals surface area (Å²) in [7, 11) is 0. The standard InChI is InChI=1S/C19H27N3O/c1-4-7-8-9-10-13-16-19(5-2,23-6-3)22-18-15-12-11-14-17(18)20-21-22/h11-12,14-15H,4-10H2,1-3H3. The summed E-state index contributed by atoms with van der Waals surface area (Å²) in [5.74, 6) is 6.65. The van der Waals surface area contributed by atoms with Gasteiger partial charge in [-0.25, -0.2) is 4.68 Å². The maximum Gasteiger partial charge on any atom is 0.225 e. The number of aromatic nitrogens is 3. The van der Waals surface area contributed by atoms with Crippen LogP contribution in [0.4, 0.5) is 0 Å². The SMILES string of the molecule is CCCCCCC#CC(CC)(OCC)n1nnc2ccccc21. The maximum absolute atomic E-state index is 6.05. The van der Waals surface area contributed by atoms with Crippen LogP contribution < -0.4 is 0 Å². The molecule has 0 aliphatic heterocycles. The van der Waals surface area contributed by atoms with Crippen LogP contribution in [-0.2, 0) is 10.5 Å². The summed E-state index contributed by atoms with van der Waals surface area (Å²) in [6.07, 6.45) is 6.55. The molecule has 0 radical (unpaired) electrons. The van der Waals surface area contributed by atoms with Crippen LogP contribution in [-0.4, -0.2) is 21.6 Å². The average Bonchev–Trinajstić information content (AvgIpc) is 3.01. The van der Waals surface area contributed by atoms with Crippen LogP contribution in [0.5, 0.6) is 0 Å². The molecule has 2 rings (SSSR count). The largest absolute Gasteiger partial charge is 0.344 e. The van der Waals surface area contributed by atoms with E-state index in [1.165, 1.54) is 19.3 Å². The van der Waals surface area contributed by atoms with Crippen molar-refractivity contribution >= 4 is 11.0 Å². The number of benzene rings is 1. The second-order valence-electron chi connectivity index (χ2n) is 5.67. The monoisotopic (exact) mass is 313 g/mol. The highest BCUT2D eigenvalue weighted by Gasteiger charge is 2.31. The highest BCUT2D eigenvalue weighted by Crippen LogP contribution is 2.25. The van der Waals surface area contributed by atoms with Gasteiger partial charge < -0.3 is 4.74 Å². The Bertz CT molecular complexity index is 668. The van der Waals surface area contributed by atoms with Gasteiger partial charge in [0.25, 0.3) is 0 Å². The van der Waals surface area contributed by atoms with Gasteiger partial charge in [-0.2, -0.15) is 0 Å². The fourth-order valence-corrected chi connectivity index (χ4v) is 2.71. The van der Waals surface area contributed by atoms with E-state index in [1.807, 2.05) is 35.9 Å². The van der Waals surface area contributed by atoms with Gasteiger partial charge in [0.1, 0.15) is 5.52 Å². The highest BCUT2D eigenvalue weighted by atomic mass is 16.5. The van der Waals surface area contributed by atoms with Gasteiger partial charge in [-0.15, -0.1) is 5.10 Å². The van der Waals surface area contributed by atoms with Crippen LogP contribution in [0.2, 0.25) is 0 Å². The Morgan fingerprint density at radius 2 is 1.96 bits per heavy atom. The van der Waals surface area contributed by atoms with Crippen LogP contribution >= 0.6 is 0 Å². The molecule has 1 aromatic carbocycles. The molecule has 0 amide bonds. The van der Waals surface area contributed by atoms with Crippen molar-refractivity contribution in [3.8, 4) is 11.8 Å². The molecule has 2 aromatic rings. The second kappa shape index (κ2) is 8.69. The Labute approximate surface area is 139 Å². The number of fused-ring (bicyclic) bond motifs is 1. The number of ether oxygens (including phenoxy) is 1. The third-order valence-corrected chi connectivity index (χ3v) is 4.00. The second-order valence-corrected chi connectivity index (χ2v) is 5.67. The van der Waals surface area contributed by atoms with Crippen LogP contribution in [0.15, 0.2) is 24.3 Å². The number of rotatable bonds is 8. The van der Waals surface area contributed by atoms with Crippen molar-refractivity contribution in [1.29, 1.82) is 0 Å². The summed E-state index contributed by atoms with van der Waals surface area (Å²) < 4.78 is 7.88. The first-order valence-corrected chi connectivity index (χ1v) is 8.72. The Balaban J connectivity index is 2.26. The minimum absolute atomic E-state index is 0.590. The molecular weight excluding hydrogens is 286 g/mol. The minimum atomic E-state index is -0.727. The molecule has 4 heteroatoms. The fraction of sp³-hybridized carbons (Fsp3) is 0.579. The number of para-hydroxylation sites is 1. The first-order valence-electron chi connectivity index (χ1n) is 8.72. The third kappa shape index (κ3) is 4.11. The lowest BCUT2D eigenvalue weighted by molar-refractivity contribution is -0.0630. The van der Waals surface area contributed by atoms with Crippen molar-refractivity contribution in [2.45, 2.75) is 65.0 Å². The van der Waals surface area contributed by atoms with Gasteiger partial charge in [-0.1, -0.05) is 56.4 Å². The van der Waals surface area contributed by atoms with Crippen molar-refractivity contribution in [3.63, 3.8) is 0 Å². The van der Waals surface area contributed by atoms with Crippen LogP contribution in [0.3, 0.4) is 0 Å². The molecule has 124 valence electrons. The topological polar surface area (TPSA) is 39.9 Å². The highest BCUT2D eigenvalue weighted by molar-refractivity contribution is 5.74. The smallest absolute Gasteiger partial charge is 0.225 e. The maximum atomic E-state index is 6.05. The van der Waals surface area contributed by atoms with E-state index < -0.39 is 5.72 Å². The molecule has 0 bridgehead atoms. The van der Waals surface area contributed by atoms with E-state index in [9.17, 15) is 0 Å². The lowest BCUT2D eigenvalue weighted by Gasteiger charge is -2.27. The summed E-state index contributed by atoms with van der Waals surface area (Å²) >= 11 is 0. The zero-order valence-electron chi connectivity index (χ0n) is 14.5. The van der Waals surface area contributed by atoms with Crippen LogP contribution in [0.25, 0.3) is 11.0 Å².